The molecule has 1 aromatic carbocycles. The summed E-state index contributed by atoms with van der Waals surface area (Å²) >= 11 is 0. The van der Waals surface area contributed by atoms with Crippen LogP contribution in [0.2, 0.25) is 0 Å². The van der Waals surface area contributed by atoms with E-state index in [0.29, 0.717) is 5.41 Å². The molecule has 0 unspecified atom stereocenters. The summed E-state index contributed by atoms with van der Waals surface area (Å²) in [5, 5.41) is 0. The summed E-state index contributed by atoms with van der Waals surface area (Å²) in [6.07, 6.45) is 5.12. The Morgan fingerprint density at radius 3 is 2.53 bits per heavy atom. The minimum absolute atomic E-state index is 0.228. The van der Waals surface area contributed by atoms with Gasteiger partial charge in [-0.2, -0.15) is 0 Å². The third-order valence-electron chi connectivity index (χ3n) is 3.75. The highest BCUT2D eigenvalue weighted by molar-refractivity contribution is 5.41. The van der Waals surface area contributed by atoms with Crippen LogP contribution in [0.4, 0.5) is 0 Å². The molecule has 0 heterocycles. The first-order valence-corrected chi connectivity index (χ1v) is 6.64. The Bertz CT molecular complexity index is 369. The van der Waals surface area contributed by atoms with E-state index in [1.807, 2.05) is 0 Å². The molecule has 0 amide bonds. The lowest BCUT2D eigenvalue weighted by molar-refractivity contribution is 0.199. The van der Waals surface area contributed by atoms with Crippen LogP contribution < -0.4 is 10.5 Å². The van der Waals surface area contributed by atoms with E-state index in [1.165, 1.54) is 24.8 Å². The van der Waals surface area contributed by atoms with Crippen LogP contribution in [0.15, 0.2) is 24.3 Å². The fraction of sp³-hybridized carbons (Fsp3) is 0.600. The first kappa shape index (κ1) is 12.4. The van der Waals surface area contributed by atoms with Crippen molar-refractivity contribution in [3.8, 4) is 5.75 Å². The maximum atomic E-state index is 5.93. The van der Waals surface area contributed by atoms with Crippen LogP contribution >= 0.6 is 0 Å². The van der Waals surface area contributed by atoms with Gasteiger partial charge in [-0.3, -0.25) is 0 Å². The average Bonchev–Trinajstić information content (AvgIpc) is 2.24. The molecular formula is C15H23NO. The molecule has 0 radical (unpaired) electrons. The van der Waals surface area contributed by atoms with Gasteiger partial charge >= 0.3 is 0 Å². The van der Waals surface area contributed by atoms with E-state index in [-0.39, 0.29) is 6.10 Å². The largest absolute Gasteiger partial charge is 0.491 e. The Balaban J connectivity index is 2.29. The standard InChI is InChI=1S/C15H23NO/c1-12(2)17-14-7-4-3-6-13(14)15(10-11-16)8-5-9-15/h3-4,6-7,12H,5,8-11,16H2,1-2H3. The lowest BCUT2D eigenvalue weighted by Crippen LogP contribution is -2.37. The first-order valence-electron chi connectivity index (χ1n) is 6.64. The normalized spacial score (nSPS) is 17.9. The minimum atomic E-state index is 0.228. The van der Waals surface area contributed by atoms with E-state index < -0.39 is 0 Å². The molecule has 2 N–H and O–H groups in total. The molecule has 1 aromatic rings. The molecule has 2 heteroatoms. The van der Waals surface area contributed by atoms with E-state index in [2.05, 4.69) is 38.1 Å². The maximum absolute atomic E-state index is 5.93. The fourth-order valence-corrected chi connectivity index (χ4v) is 2.80. The average molecular weight is 233 g/mol. The number of benzene rings is 1. The van der Waals surface area contributed by atoms with Crippen LogP contribution in [0.1, 0.15) is 45.1 Å². The zero-order chi connectivity index (χ0) is 12.3. The Morgan fingerprint density at radius 2 is 2.00 bits per heavy atom. The van der Waals surface area contributed by atoms with Crippen molar-refractivity contribution in [2.45, 2.75) is 51.0 Å². The van der Waals surface area contributed by atoms with Gasteiger partial charge in [0, 0.05) is 11.0 Å². The topological polar surface area (TPSA) is 35.2 Å². The Morgan fingerprint density at radius 1 is 1.29 bits per heavy atom. The smallest absolute Gasteiger partial charge is 0.123 e. The molecule has 0 aliphatic heterocycles. The number of rotatable bonds is 5. The van der Waals surface area contributed by atoms with Crippen LogP contribution in [0, 0.1) is 0 Å². The molecule has 0 saturated heterocycles. The molecule has 2 rings (SSSR count). The number of ether oxygens (including phenoxy) is 1. The van der Waals surface area contributed by atoms with Gasteiger partial charge in [0.05, 0.1) is 6.10 Å². The molecule has 2 nitrogen and oxygen atoms in total. The maximum Gasteiger partial charge on any atom is 0.123 e. The van der Waals surface area contributed by atoms with Gasteiger partial charge < -0.3 is 10.5 Å². The van der Waals surface area contributed by atoms with Crippen LogP contribution in [-0.2, 0) is 5.41 Å². The molecule has 1 aliphatic carbocycles. The Hall–Kier alpha value is -1.02. The molecule has 0 bridgehead atoms. The Labute approximate surface area is 104 Å². The molecular weight excluding hydrogens is 210 g/mol. The molecule has 17 heavy (non-hydrogen) atoms. The molecule has 1 fully saturated rings. The van der Waals surface area contributed by atoms with E-state index >= 15 is 0 Å². The second-order valence-corrected chi connectivity index (χ2v) is 5.34. The summed E-state index contributed by atoms with van der Waals surface area (Å²) in [6, 6.07) is 8.47. The van der Waals surface area contributed by atoms with Crippen LogP contribution in [0.25, 0.3) is 0 Å². The monoisotopic (exact) mass is 233 g/mol. The summed E-state index contributed by atoms with van der Waals surface area (Å²) in [7, 11) is 0. The summed E-state index contributed by atoms with van der Waals surface area (Å²) in [5.41, 5.74) is 7.43. The van der Waals surface area contributed by atoms with Gasteiger partial charge in [0.25, 0.3) is 0 Å². The van der Waals surface area contributed by atoms with Crippen molar-refractivity contribution in [2.24, 2.45) is 5.73 Å². The number of nitrogens with two attached hydrogens (primary N) is 1. The zero-order valence-electron chi connectivity index (χ0n) is 10.9. The predicted molar refractivity (Wildman–Crippen MR) is 71.4 cm³/mol. The number of hydrogen-bond donors (Lipinski definition) is 1. The van der Waals surface area contributed by atoms with Crippen molar-refractivity contribution in [2.75, 3.05) is 6.54 Å². The van der Waals surface area contributed by atoms with Crippen molar-refractivity contribution in [3.05, 3.63) is 29.8 Å². The fourth-order valence-electron chi connectivity index (χ4n) is 2.80. The minimum Gasteiger partial charge on any atom is -0.491 e. The van der Waals surface area contributed by atoms with E-state index in [1.54, 1.807) is 0 Å². The molecule has 1 aliphatic rings. The van der Waals surface area contributed by atoms with Gasteiger partial charge in [0.15, 0.2) is 0 Å². The predicted octanol–water partition coefficient (Wildman–Crippen LogP) is 3.24. The van der Waals surface area contributed by atoms with Gasteiger partial charge in [-0.25, -0.2) is 0 Å². The SMILES string of the molecule is CC(C)Oc1ccccc1C1(CCN)CCC1. The zero-order valence-corrected chi connectivity index (χ0v) is 10.9. The lowest BCUT2D eigenvalue weighted by atomic mass is 9.62. The lowest BCUT2D eigenvalue weighted by Gasteiger charge is -2.43. The van der Waals surface area contributed by atoms with E-state index in [9.17, 15) is 0 Å². The molecule has 1 saturated carbocycles. The highest BCUT2D eigenvalue weighted by Crippen LogP contribution is 2.49. The second-order valence-electron chi connectivity index (χ2n) is 5.34. The molecule has 0 spiro atoms. The van der Waals surface area contributed by atoms with Crippen molar-refractivity contribution in [1.29, 1.82) is 0 Å². The van der Waals surface area contributed by atoms with Gasteiger partial charge in [0.1, 0.15) is 5.75 Å². The van der Waals surface area contributed by atoms with Gasteiger partial charge in [0.2, 0.25) is 0 Å². The van der Waals surface area contributed by atoms with Crippen molar-refractivity contribution < 1.29 is 4.74 Å². The van der Waals surface area contributed by atoms with Crippen molar-refractivity contribution in [1.82, 2.24) is 0 Å². The molecule has 0 aromatic heterocycles. The second kappa shape index (κ2) is 5.09. The highest BCUT2D eigenvalue weighted by Gasteiger charge is 2.39. The summed E-state index contributed by atoms with van der Waals surface area (Å²) in [6.45, 7) is 4.91. The van der Waals surface area contributed by atoms with Crippen molar-refractivity contribution >= 4 is 0 Å². The molecule has 94 valence electrons. The Kier molecular flexibility index (Phi) is 3.72. The van der Waals surface area contributed by atoms with Crippen LogP contribution in [-0.4, -0.2) is 12.6 Å². The third-order valence-corrected chi connectivity index (χ3v) is 3.75. The molecule has 0 atom stereocenters. The first-order chi connectivity index (χ1) is 8.18. The quantitative estimate of drug-likeness (QED) is 0.847. The summed E-state index contributed by atoms with van der Waals surface area (Å²) in [5.74, 6) is 1.05. The highest BCUT2D eigenvalue weighted by atomic mass is 16.5. The van der Waals surface area contributed by atoms with Gasteiger partial charge in [-0.05, 0) is 45.7 Å². The van der Waals surface area contributed by atoms with Gasteiger partial charge in [-0.1, -0.05) is 24.6 Å². The van der Waals surface area contributed by atoms with Crippen molar-refractivity contribution in [3.63, 3.8) is 0 Å². The van der Waals surface area contributed by atoms with Gasteiger partial charge in [-0.15, -0.1) is 0 Å². The summed E-state index contributed by atoms with van der Waals surface area (Å²) < 4.78 is 5.93. The number of hydrogen-bond acceptors (Lipinski definition) is 2. The van der Waals surface area contributed by atoms with Crippen LogP contribution in [0.3, 0.4) is 0 Å². The summed E-state index contributed by atoms with van der Waals surface area (Å²) in [4.78, 5) is 0. The van der Waals surface area contributed by atoms with E-state index in [0.717, 1.165) is 18.7 Å². The third kappa shape index (κ3) is 2.47. The number of para-hydroxylation sites is 1. The van der Waals surface area contributed by atoms with E-state index in [4.69, 9.17) is 10.5 Å². The van der Waals surface area contributed by atoms with Crippen LogP contribution in [0.5, 0.6) is 5.75 Å².